The summed E-state index contributed by atoms with van der Waals surface area (Å²) in [6.45, 7) is 8.36. The van der Waals surface area contributed by atoms with Crippen LogP contribution in [0.3, 0.4) is 0 Å². The molecular weight excluding hydrogens is 186 g/mol. The quantitative estimate of drug-likeness (QED) is 0.748. The van der Waals surface area contributed by atoms with E-state index in [1.165, 1.54) is 0 Å². The lowest BCUT2D eigenvalue weighted by molar-refractivity contribution is 0.401. The van der Waals surface area contributed by atoms with Crippen molar-refractivity contribution in [3.05, 3.63) is 11.6 Å². The van der Waals surface area contributed by atoms with E-state index in [0.29, 0.717) is 5.82 Å². The van der Waals surface area contributed by atoms with Crippen molar-refractivity contribution in [3.8, 4) is 0 Å². The van der Waals surface area contributed by atoms with Crippen molar-refractivity contribution in [2.45, 2.75) is 39.5 Å². The highest BCUT2D eigenvalue weighted by atomic mass is 35.5. The van der Waals surface area contributed by atoms with Crippen LogP contribution < -0.4 is 0 Å². The summed E-state index contributed by atoms with van der Waals surface area (Å²) in [5.41, 5.74) is 0.229. The Hall–Kier alpha value is -0.570. The van der Waals surface area contributed by atoms with Crippen LogP contribution in [0, 0.1) is 5.41 Å². The Kier molecular flexibility index (Phi) is 2.96. The summed E-state index contributed by atoms with van der Waals surface area (Å²) in [7, 11) is 0. The first-order valence-electron chi connectivity index (χ1n) is 4.44. The van der Waals surface area contributed by atoms with Gasteiger partial charge < -0.3 is 0 Å². The SMILES string of the molecule is CC(Cl)c1n[nH]c(CC(C)(C)C)n1. The molecule has 0 aliphatic carbocycles. The Morgan fingerprint density at radius 1 is 1.46 bits per heavy atom. The van der Waals surface area contributed by atoms with Gasteiger partial charge in [0.1, 0.15) is 5.82 Å². The molecule has 74 valence electrons. The first kappa shape index (κ1) is 10.5. The molecule has 0 bridgehead atoms. The van der Waals surface area contributed by atoms with E-state index in [2.05, 4.69) is 36.0 Å². The Morgan fingerprint density at radius 3 is 2.46 bits per heavy atom. The maximum atomic E-state index is 5.84. The second kappa shape index (κ2) is 3.66. The van der Waals surface area contributed by atoms with Crippen LogP contribution in [-0.2, 0) is 6.42 Å². The van der Waals surface area contributed by atoms with Gasteiger partial charge in [-0.3, -0.25) is 5.10 Å². The zero-order chi connectivity index (χ0) is 10.1. The normalized spacial score (nSPS) is 14.5. The van der Waals surface area contributed by atoms with Crippen molar-refractivity contribution in [2.75, 3.05) is 0 Å². The number of H-pyrrole nitrogens is 1. The minimum Gasteiger partial charge on any atom is -0.263 e. The lowest BCUT2D eigenvalue weighted by Gasteiger charge is -2.15. The molecule has 0 saturated heterocycles. The molecule has 0 spiro atoms. The zero-order valence-corrected chi connectivity index (χ0v) is 9.31. The summed E-state index contributed by atoms with van der Waals surface area (Å²) >= 11 is 5.84. The van der Waals surface area contributed by atoms with E-state index >= 15 is 0 Å². The van der Waals surface area contributed by atoms with Crippen molar-refractivity contribution < 1.29 is 0 Å². The van der Waals surface area contributed by atoms with Crippen LogP contribution in [0.25, 0.3) is 0 Å². The Morgan fingerprint density at radius 2 is 2.08 bits per heavy atom. The van der Waals surface area contributed by atoms with Gasteiger partial charge in [-0.2, -0.15) is 5.10 Å². The van der Waals surface area contributed by atoms with Crippen molar-refractivity contribution in [2.24, 2.45) is 5.41 Å². The highest BCUT2D eigenvalue weighted by molar-refractivity contribution is 6.20. The molecule has 0 amide bonds. The maximum absolute atomic E-state index is 5.84. The molecule has 0 radical (unpaired) electrons. The zero-order valence-electron chi connectivity index (χ0n) is 8.56. The molecule has 13 heavy (non-hydrogen) atoms. The van der Waals surface area contributed by atoms with Gasteiger partial charge in [0.15, 0.2) is 5.82 Å². The van der Waals surface area contributed by atoms with Gasteiger partial charge in [-0.15, -0.1) is 11.6 Å². The van der Waals surface area contributed by atoms with Gasteiger partial charge in [0.05, 0.1) is 5.38 Å². The van der Waals surface area contributed by atoms with Gasteiger partial charge >= 0.3 is 0 Å². The molecular formula is C9H16ClN3. The van der Waals surface area contributed by atoms with Crippen LogP contribution in [-0.4, -0.2) is 15.2 Å². The molecule has 0 fully saturated rings. The van der Waals surface area contributed by atoms with Crippen LogP contribution in [0.4, 0.5) is 0 Å². The number of halogens is 1. The summed E-state index contributed by atoms with van der Waals surface area (Å²) in [5.74, 6) is 1.59. The molecule has 0 aliphatic rings. The first-order valence-corrected chi connectivity index (χ1v) is 4.87. The van der Waals surface area contributed by atoms with E-state index in [9.17, 15) is 0 Å². The van der Waals surface area contributed by atoms with Crippen molar-refractivity contribution in [1.82, 2.24) is 15.2 Å². The highest BCUT2D eigenvalue weighted by Crippen LogP contribution is 2.20. The fourth-order valence-corrected chi connectivity index (χ4v) is 1.17. The Balaban J connectivity index is 2.70. The van der Waals surface area contributed by atoms with Crippen molar-refractivity contribution in [3.63, 3.8) is 0 Å². The molecule has 4 heteroatoms. The molecule has 0 aliphatic heterocycles. The van der Waals surface area contributed by atoms with Crippen LogP contribution in [0.15, 0.2) is 0 Å². The molecule has 1 N–H and O–H groups in total. The Labute approximate surface area is 83.9 Å². The van der Waals surface area contributed by atoms with Gasteiger partial charge in [0, 0.05) is 6.42 Å². The first-order chi connectivity index (χ1) is 5.88. The number of hydrogen-bond donors (Lipinski definition) is 1. The number of nitrogens with one attached hydrogen (secondary N) is 1. The third-order valence-electron chi connectivity index (χ3n) is 1.60. The third-order valence-corrected chi connectivity index (χ3v) is 1.80. The van der Waals surface area contributed by atoms with Gasteiger partial charge in [0.25, 0.3) is 0 Å². The number of alkyl halides is 1. The van der Waals surface area contributed by atoms with E-state index in [-0.39, 0.29) is 10.8 Å². The summed E-state index contributed by atoms with van der Waals surface area (Å²) in [6.07, 6.45) is 0.892. The number of aromatic nitrogens is 3. The van der Waals surface area contributed by atoms with E-state index in [1.807, 2.05) is 6.92 Å². The molecule has 1 aromatic heterocycles. The lowest BCUT2D eigenvalue weighted by Crippen LogP contribution is -2.10. The highest BCUT2D eigenvalue weighted by Gasteiger charge is 2.15. The molecule has 3 nitrogen and oxygen atoms in total. The number of nitrogens with zero attached hydrogens (tertiary/aromatic N) is 2. The van der Waals surface area contributed by atoms with E-state index in [4.69, 9.17) is 11.6 Å². The summed E-state index contributed by atoms with van der Waals surface area (Å²) < 4.78 is 0. The van der Waals surface area contributed by atoms with E-state index < -0.39 is 0 Å². The van der Waals surface area contributed by atoms with Crippen LogP contribution >= 0.6 is 11.6 Å². The predicted octanol–water partition coefficient (Wildman–Crippen LogP) is 2.69. The van der Waals surface area contributed by atoms with E-state index in [0.717, 1.165) is 12.2 Å². The lowest BCUT2D eigenvalue weighted by atomic mass is 9.92. The van der Waals surface area contributed by atoms with Crippen LogP contribution in [0.5, 0.6) is 0 Å². The number of aromatic amines is 1. The minimum atomic E-state index is -0.120. The fourth-order valence-electron chi connectivity index (χ4n) is 1.07. The topological polar surface area (TPSA) is 41.6 Å². The van der Waals surface area contributed by atoms with Gasteiger partial charge in [-0.05, 0) is 12.3 Å². The summed E-state index contributed by atoms with van der Waals surface area (Å²) in [4.78, 5) is 4.30. The molecule has 0 saturated carbocycles. The fraction of sp³-hybridized carbons (Fsp3) is 0.778. The maximum Gasteiger partial charge on any atom is 0.168 e. The average Bonchev–Trinajstić information content (AvgIpc) is 2.31. The summed E-state index contributed by atoms with van der Waals surface area (Å²) in [5, 5.41) is 6.81. The van der Waals surface area contributed by atoms with Gasteiger partial charge in [0.2, 0.25) is 0 Å². The van der Waals surface area contributed by atoms with Gasteiger partial charge in [-0.25, -0.2) is 4.98 Å². The predicted molar refractivity (Wildman–Crippen MR) is 53.8 cm³/mol. The number of rotatable bonds is 2. The van der Waals surface area contributed by atoms with Crippen LogP contribution in [0.2, 0.25) is 0 Å². The monoisotopic (exact) mass is 201 g/mol. The largest absolute Gasteiger partial charge is 0.263 e. The van der Waals surface area contributed by atoms with Crippen molar-refractivity contribution in [1.29, 1.82) is 0 Å². The third kappa shape index (κ3) is 3.35. The van der Waals surface area contributed by atoms with E-state index in [1.54, 1.807) is 0 Å². The van der Waals surface area contributed by atoms with Crippen molar-refractivity contribution >= 4 is 11.6 Å². The minimum absolute atomic E-state index is 0.120. The summed E-state index contributed by atoms with van der Waals surface area (Å²) in [6, 6.07) is 0. The molecule has 1 rings (SSSR count). The second-order valence-electron chi connectivity index (χ2n) is 4.49. The molecule has 0 aromatic carbocycles. The standard InChI is InChI=1S/C9H16ClN3/c1-6(10)8-11-7(12-13-8)5-9(2,3)4/h6H,5H2,1-4H3,(H,11,12,13). The number of hydrogen-bond acceptors (Lipinski definition) is 2. The molecule has 1 atom stereocenters. The molecule has 1 unspecified atom stereocenters. The smallest absolute Gasteiger partial charge is 0.168 e. The molecule has 1 aromatic rings. The average molecular weight is 202 g/mol. The molecule has 1 heterocycles. The Bertz CT molecular complexity index is 273. The van der Waals surface area contributed by atoms with Crippen LogP contribution in [0.1, 0.15) is 44.7 Å². The van der Waals surface area contributed by atoms with Gasteiger partial charge in [-0.1, -0.05) is 20.8 Å². The second-order valence-corrected chi connectivity index (χ2v) is 5.15.